The smallest absolute Gasteiger partial charge is 0.239 e. The van der Waals surface area contributed by atoms with Crippen molar-refractivity contribution >= 4 is 27.4 Å². The zero-order chi connectivity index (χ0) is 19.2. The first-order valence-corrected chi connectivity index (χ1v) is 9.65. The Kier molecular flexibility index (Phi) is 6.35. The molecule has 1 amide bonds. The van der Waals surface area contributed by atoms with E-state index < -0.39 is 27.5 Å². The zero-order valence-corrected chi connectivity index (χ0v) is 14.9. The van der Waals surface area contributed by atoms with Crippen molar-refractivity contribution in [1.29, 1.82) is 0 Å². The van der Waals surface area contributed by atoms with Crippen LogP contribution in [-0.2, 0) is 20.4 Å². The maximum Gasteiger partial charge on any atom is 0.239 e. The van der Waals surface area contributed by atoms with Crippen molar-refractivity contribution in [3.8, 4) is 5.75 Å². The maximum absolute atomic E-state index is 12.2. The first kappa shape index (κ1) is 19.5. The minimum Gasteiger partial charge on any atom is -0.545 e. The summed E-state index contributed by atoms with van der Waals surface area (Å²) in [6.07, 6.45) is 0. The molecule has 0 fully saturated rings. The quantitative estimate of drug-likeness (QED) is 0.735. The number of carboxylic acids is 1. The van der Waals surface area contributed by atoms with Gasteiger partial charge in [0.25, 0.3) is 0 Å². The summed E-state index contributed by atoms with van der Waals surface area (Å²) < 4.78 is 29.8. The number of rotatable bonds is 8. The summed E-state index contributed by atoms with van der Waals surface area (Å²) in [4.78, 5) is 22.8. The molecular formula is C18H18NO6S-. The second-order valence-corrected chi connectivity index (χ2v) is 7.56. The molecule has 0 heterocycles. The van der Waals surface area contributed by atoms with E-state index in [-0.39, 0.29) is 11.3 Å². The summed E-state index contributed by atoms with van der Waals surface area (Å²) >= 11 is 0. The molecule has 0 aromatic heterocycles. The van der Waals surface area contributed by atoms with Crippen LogP contribution in [0.15, 0.2) is 48.5 Å². The lowest BCUT2D eigenvalue weighted by atomic mass is 10.1. The van der Waals surface area contributed by atoms with Crippen LogP contribution in [-0.4, -0.2) is 32.7 Å². The van der Waals surface area contributed by atoms with Crippen molar-refractivity contribution in [3.63, 3.8) is 0 Å². The first-order chi connectivity index (χ1) is 12.3. The van der Waals surface area contributed by atoms with E-state index in [9.17, 15) is 23.1 Å². The highest BCUT2D eigenvalue weighted by atomic mass is 32.2. The molecule has 0 aliphatic carbocycles. The molecule has 0 radical (unpaired) electrons. The number of amides is 1. The molecule has 0 bridgehead atoms. The average Bonchev–Trinajstić information content (AvgIpc) is 2.56. The first-order valence-electron chi connectivity index (χ1n) is 7.83. The molecule has 7 nitrogen and oxygen atoms in total. The van der Waals surface area contributed by atoms with E-state index >= 15 is 0 Å². The van der Waals surface area contributed by atoms with Crippen LogP contribution in [0.25, 0.3) is 0 Å². The lowest BCUT2D eigenvalue weighted by Gasteiger charge is -2.11. The van der Waals surface area contributed by atoms with Gasteiger partial charge >= 0.3 is 0 Å². The van der Waals surface area contributed by atoms with E-state index in [0.29, 0.717) is 23.6 Å². The molecule has 0 atom stereocenters. The Hall–Kier alpha value is -2.87. The van der Waals surface area contributed by atoms with Crippen LogP contribution in [0.5, 0.6) is 5.75 Å². The molecule has 0 spiro atoms. The van der Waals surface area contributed by atoms with Crippen LogP contribution in [0.4, 0.5) is 5.69 Å². The van der Waals surface area contributed by atoms with E-state index in [1.165, 1.54) is 24.3 Å². The van der Waals surface area contributed by atoms with Crippen LogP contribution in [0, 0.1) is 0 Å². The SMILES string of the molecule is CCOc1ccccc1NC(=O)CS(=O)(=O)Cc1ccc(C(=O)[O-])cc1. The normalized spacial score (nSPS) is 11.0. The Morgan fingerprint density at radius 2 is 1.73 bits per heavy atom. The monoisotopic (exact) mass is 376 g/mol. The Morgan fingerprint density at radius 3 is 2.35 bits per heavy atom. The van der Waals surface area contributed by atoms with Gasteiger partial charge in [0.05, 0.1) is 24.0 Å². The van der Waals surface area contributed by atoms with Gasteiger partial charge in [-0.25, -0.2) is 8.42 Å². The minimum absolute atomic E-state index is 0.0450. The van der Waals surface area contributed by atoms with E-state index in [1.807, 2.05) is 0 Å². The highest BCUT2D eigenvalue weighted by Gasteiger charge is 2.18. The van der Waals surface area contributed by atoms with Crippen LogP contribution in [0.3, 0.4) is 0 Å². The van der Waals surface area contributed by atoms with E-state index in [2.05, 4.69) is 5.32 Å². The molecule has 138 valence electrons. The molecule has 2 aromatic rings. The van der Waals surface area contributed by atoms with Gasteiger partial charge in [0.1, 0.15) is 11.5 Å². The summed E-state index contributed by atoms with van der Waals surface area (Å²) in [6.45, 7) is 2.21. The van der Waals surface area contributed by atoms with Crippen molar-refractivity contribution in [2.45, 2.75) is 12.7 Å². The fourth-order valence-electron chi connectivity index (χ4n) is 2.28. The van der Waals surface area contributed by atoms with Crippen LogP contribution in [0.2, 0.25) is 0 Å². The van der Waals surface area contributed by atoms with Crippen molar-refractivity contribution in [2.75, 3.05) is 17.7 Å². The lowest BCUT2D eigenvalue weighted by molar-refractivity contribution is -0.255. The number of nitrogens with one attached hydrogen (secondary N) is 1. The number of carbonyl (C=O) groups excluding carboxylic acids is 2. The number of para-hydroxylation sites is 2. The predicted molar refractivity (Wildman–Crippen MR) is 94.5 cm³/mol. The molecule has 0 aliphatic heterocycles. The molecular weight excluding hydrogens is 358 g/mol. The van der Waals surface area contributed by atoms with Crippen molar-refractivity contribution in [2.24, 2.45) is 0 Å². The lowest BCUT2D eigenvalue weighted by Crippen LogP contribution is -2.24. The third kappa shape index (κ3) is 5.59. The van der Waals surface area contributed by atoms with Gasteiger partial charge in [0.2, 0.25) is 5.91 Å². The summed E-state index contributed by atoms with van der Waals surface area (Å²) in [5.41, 5.74) is 0.738. The number of benzene rings is 2. The predicted octanol–water partition coefficient (Wildman–Crippen LogP) is 1.00. The van der Waals surface area contributed by atoms with Crippen LogP contribution in [0.1, 0.15) is 22.8 Å². The number of aromatic carboxylic acids is 1. The summed E-state index contributed by atoms with van der Waals surface area (Å²) in [5, 5.41) is 13.2. The van der Waals surface area contributed by atoms with Gasteiger partial charge in [-0.05, 0) is 30.2 Å². The molecule has 8 heteroatoms. The third-order valence-corrected chi connectivity index (χ3v) is 4.86. The van der Waals surface area contributed by atoms with Crippen molar-refractivity contribution in [1.82, 2.24) is 0 Å². The fraction of sp³-hybridized carbons (Fsp3) is 0.222. The number of carbonyl (C=O) groups is 2. The van der Waals surface area contributed by atoms with Gasteiger partial charge in [0.15, 0.2) is 9.84 Å². The molecule has 26 heavy (non-hydrogen) atoms. The molecule has 0 saturated heterocycles. The second-order valence-electron chi connectivity index (χ2n) is 5.49. The Bertz CT molecular complexity index is 890. The number of anilines is 1. The second kappa shape index (κ2) is 8.48. The Labute approximate surface area is 151 Å². The van der Waals surface area contributed by atoms with E-state index in [1.54, 1.807) is 31.2 Å². The molecule has 2 rings (SSSR count). The third-order valence-electron chi connectivity index (χ3n) is 3.39. The highest BCUT2D eigenvalue weighted by molar-refractivity contribution is 7.91. The standard InChI is InChI=1S/C18H19NO6S/c1-2-25-16-6-4-3-5-15(16)19-17(20)12-26(23,24)11-13-7-9-14(10-8-13)18(21)22/h3-10H,2,11-12H2,1H3,(H,19,20)(H,21,22)/p-1. The molecule has 2 aromatic carbocycles. The topological polar surface area (TPSA) is 113 Å². The minimum atomic E-state index is -3.73. The van der Waals surface area contributed by atoms with Crippen LogP contribution >= 0.6 is 0 Å². The number of ether oxygens (including phenoxy) is 1. The maximum atomic E-state index is 12.2. The Balaban J connectivity index is 2.02. The summed E-state index contributed by atoms with van der Waals surface area (Å²) in [5.74, 6) is -2.63. The molecule has 0 unspecified atom stereocenters. The van der Waals surface area contributed by atoms with Gasteiger partial charge in [-0.2, -0.15) is 0 Å². The number of hydrogen-bond donors (Lipinski definition) is 1. The van der Waals surface area contributed by atoms with Crippen molar-refractivity contribution < 1.29 is 27.9 Å². The zero-order valence-electron chi connectivity index (χ0n) is 14.1. The largest absolute Gasteiger partial charge is 0.545 e. The average molecular weight is 376 g/mol. The van der Waals surface area contributed by atoms with E-state index in [0.717, 1.165) is 0 Å². The molecule has 0 saturated carbocycles. The highest BCUT2D eigenvalue weighted by Crippen LogP contribution is 2.23. The number of hydrogen-bond acceptors (Lipinski definition) is 6. The van der Waals surface area contributed by atoms with Gasteiger partial charge in [-0.1, -0.05) is 36.4 Å². The van der Waals surface area contributed by atoms with Gasteiger partial charge in [-0.3, -0.25) is 4.79 Å². The van der Waals surface area contributed by atoms with Gasteiger partial charge < -0.3 is 20.0 Å². The molecule has 1 N–H and O–H groups in total. The number of carboxylic acid groups (broad SMARTS) is 1. The molecule has 0 aliphatic rings. The Morgan fingerprint density at radius 1 is 1.08 bits per heavy atom. The number of sulfone groups is 1. The van der Waals surface area contributed by atoms with Gasteiger partial charge in [-0.15, -0.1) is 0 Å². The van der Waals surface area contributed by atoms with Crippen LogP contribution < -0.4 is 15.2 Å². The fourth-order valence-corrected chi connectivity index (χ4v) is 3.55. The van der Waals surface area contributed by atoms with Gasteiger partial charge in [0, 0.05) is 0 Å². The van der Waals surface area contributed by atoms with Crippen molar-refractivity contribution in [3.05, 3.63) is 59.7 Å². The van der Waals surface area contributed by atoms with E-state index in [4.69, 9.17) is 4.74 Å². The summed E-state index contributed by atoms with van der Waals surface area (Å²) in [6, 6.07) is 12.0. The summed E-state index contributed by atoms with van der Waals surface area (Å²) in [7, 11) is -3.73.